The zero-order valence-corrected chi connectivity index (χ0v) is 11.9. The summed E-state index contributed by atoms with van der Waals surface area (Å²) in [6.45, 7) is 0. The predicted octanol–water partition coefficient (Wildman–Crippen LogP) is 4.62. The molecule has 0 amide bonds. The van der Waals surface area contributed by atoms with Crippen molar-refractivity contribution in [3.63, 3.8) is 0 Å². The van der Waals surface area contributed by atoms with Gasteiger partial charge in [0, 0.05) is 5.56 Å². The monoisotopic (exact) mass is 353 g/mol. The van der Waals surface area contributed by atoms with E-state index >= 15 is 0 Å². The average Bonchev–Trinajstić information content (AvgIpc) is 2.84. The van der Waals surface area contributed by atoms with Crippen molar-refractivity contribution in [3.05, 3.63) is 32.5 Å². The summed E-state index contributed by atoms with van der Waals surface area (Å²) in [7, 11) is 0. The summed E-state index contributed by atoms with van der Waals surface area (Å²) < 4.78 is 41.1. The van der Waals surface area contributed by atoms with Crippen LogP contribution < -0.4 is 0 Å². The second kappa shape index (κ2) is 5.27. The summed E-state index contributed by atoms with van der Waals surface area (Å²) in [5.74, 6) is -3.84. The Kier molecular flexibility index (Phi) is 4.04. The molecule has 0 spiro atoms. The molecule has 0 saturated heterocycles. The Morgan fingerprint density at radius 1 is 1.16 bits per heavy atom. The molecule has 1 fully saturated rings. The third-order valence-electron chi connectivity index (χ3n) is 3.37. The molecule has 0 unspecified atom stereocenters. The van der Waals surface area contributed by atoms with Crippen LogP contribution in [-0.4, -0.2) is 6.08 Å². The molecule has 0 aromatic heterocycles. The Morgan fingerprint density at radius 2 is 1.74 bits per heavy atom. The van der Waals surface area contributed by atoms with Crippen LogP contribution in [0.4, 0.5) is 13.2 Å². The van der Waals surface area contributed by atoms with Gasteiger partial charge < -0.3 is 0 Å². The smallest absolute Gasteiger partial charge is 0.211 e. The van der Waals surface area contributed by atoms with Gasteiger partial charge in [-0.15, -0.1) is 0 Å². The van der Waals surface area contributed by atoms with Gasteiger partial charge in [-0.05, 0) is 28.8 Å². The minimum atomic E-state index is -1.47. The highest BCUT2D eigenvalue weighted by molar-refractivity contribution is 9.10. The Bertz CT molecular complexity index is 552. The summed E-state index contributed by atoms with van der Waals surface area (Å²) in [4.78, 5) is 14.2. The highest BCUT2D eigenvalue weighted by Crippen LogP contribution is 2.48. The molecular formula is C12H8BrClF3NO. The van der Waals surface area contributed by atoms with E-state index in [9.17, 15) is 18.0 Å². The number of aliphatic imine (C=N–C) groups is 1. The van der Waals surface area contributed by atoms with Gasteiger partial charge in [0.05, 0.1) is 4.47 Å². The quantitative estimate of drug-likeness (QED) is 0.330. The lowest BCUT2D eigenvalue weighted by molar-refractivity contribution is 0.401. The highest BCUT2D eigenvalue weighted by atomic mass is 79.9. The van der Waals surface area contributed by atoms with E-state index in [1.54, 1.807) is 0 Å². The fourth-order valence-electron chi connectivity index (χ4n) is 2.48. The van der Waals surface area contributed by atoms with Gasteiger partial charge in [0.1, 0.15) is 10.6 Å². The normalized spacial score (nSPS) is 17.3. The van der Waals surface area contributed by atoms with Crippen molar-refractivity contribution in [2.24, 2.45) is 4.99 Å². The summed E-state index contributed by atoms with van der Waals surface area (Å²) in [6.07, 6.45) is 3.40. The highest BCUT2D eigenvalue weighted by Gasteiger charge is 2.42. The molecule has 0 heterocycles. The van der Waals surface area contributed by atoms with Crippen molar-refractivity contribution in [2.75, 3.05) is 0 Å². The summed E-state index contributed by atoms with van der Waals surface area (Å²) in [5.41, 5.74) is -1.57. The van der Waals surface area contributed by atoms with Gasteiger partial charge in [0.2, 0.25) is 6.08 Å². The lowest BCUT2D eigenvalue weighted by atomic mass is 9.88. The number of rotatable bonds is 2. The number of benzene rings is 1. The van der Waals surface area contributed by atoms with Gasteiger partial charge in [0.25, 0.3) is 0 Å². The van der Waals surface area contributed by atoms with Crippen LogP contribution in [0.3, 0.4) is 0 Å². The molecule has 0 bridgehead atoms. The standard InChI is InChI=1S/C12H8BrClF3NO/c13-7-6(9(15)11(17)8(14)10(7)16)12(18-5-19)3-1-2-4-12/h1-4H2. The van der Waals surface area contributed by atoms with E-state index in [4.69, 9.17) is 11.6 Å². The molecule has 1 aliphatic rings. The van der Waals surface area contributed by atoms with Crippen LogP contribution in [0.25, 0.3) is 0 Å². The van der Waals surface area contributed by atoms with Crippen molar-refractivity contribution < 1.29 is 18.0 Å². The van der Waals surface area contributed by atoms with Gasteiger partial charge in [0.15, 0.2) is 17.5 Å². The molecule has 1 aromatic carbocycles. The maximum absolute atomic E-state index is 14.1. The Balaban J connectivity index is 2.78. The zero-order valence-electron chi connectivity index (χ0n) is 9.57. The van der Waals surface area contributed by atoms with Crippen molar-refractivity contribution >= 4 is 33.6 Å². The van der Waals surface area contributed by atoms with E-state index in [-0.39, 0.29) is 10.0 Å². The lowest BCUT2D eigenvalue weighted by Crippen LogP contribution is -2.23. The molecule has 1 aliphatic carbocycles. The zero-order chi connectivity index (χ0) is 14.2. The van der Waals surface area contributed by atoms with E-state index in [2.05, 4.69) is 20.9 Å². The van der Waals surface area contributed by atoms with E-state index in [1.165, 1.54) is 6.08 Å². The fourth-order valence-corrected chi connectivity index (χ4v) is 3.51. The summed E-state index contributed by atoms with van der Waals surface area (Å²) >= 11 is 8.24. The first-order valence-corrected chi connectivity index (χ1v) is 6.72. The third-order valence-corrected chi connectivity index (χ3v) is 4.44. The first kappa shape index (κ1) is 14.6. The second-order valence-corrected chi connectivity index (χ2v) is 5.56. The first-order valence-electron chi connectivity index (χ1n) is 5.55. The van der Waals surface area contributed by atoms with Gasteiger partial charge in [-0.2, -0.15) is 4.99 Å². The number of halogens is 5. The van der Waals surface area contributed by atoms with Crippen molar-refractivity contribution in [1.29, 1.82) is 0 Å². The Hall–Kier alpha value is -0.840. The molecule has 2 rings (SSSR count). The van der Waals surface area contributed by atoms with E-state index in [1.807, 2.05) is 0 Å². The number of hydrogen-bond donors (Lipinski definition) is 0. The molecule has 0 N–H and O–H groups in total. The summed E-state index contributed by atoms with van der Waals surface area (Å²) in [6, 6.07) is 0. The minimum absolute atomic E-state index is 0.294. The van der Waals surface area contributed by atoms with Gasteiger partial charge in [-0.25, -0.2) is 18.0 Å². The molecule has 0 radical (unpaired) electrons. The van der Waals surface area contributed by atoms with Crippen LogP contribution in [0.1, 0.15) is 31.2 Å². The SMILES string of the molecule is O=C=NC1(c2c(F)c(F)c(Cl)c(F)c2Br)CCCC1. The number of nitrogens with zero attached hydrogens (tertiary/aromatic N) is 1. The van der Waals surface area contributed by atoms with Crippen LogP contribution in [0.5, 0.6) is 0 Å². The van der Waals surface area contributed by atoms with E-state index < -0.39 is 28.0 Å². The van der Waals surface area contributed by atoms with Gasteiger partial charge >= 0.3 is 0 Å². The minimum Gasteiger partial charge on any atom is -0.211 e. The number of hydrogen-bond acceptors (Lipinski definition) is 2. The molecule has 0 atom stereocenters. The largest absolute Gasteiger partial charge is 0.235 e. The molecule has 102 valence electrons. The van der Waals surface area contributed by atoms with Crippen molar-refractivity contribution in [2.45, 2.75) is 31.2 Å². The van der Waals surface area contributed by atoms with Crippen LogP contribution >= 0.6 is 27.5 Å². The van der Waals surface area contributed by atoms with Crippen LogP contribution in [0.2, 0.25) is 5.02 Å². The van der Waals surface area contributed by atoms with Crippen LogP contribution in [-0.2, 0) is 10.3 Å². The molecule has 1 aromatic rings. The lowest BCUT2D eigenvalue weighted by Gasteiger charge is -2.25. The van der Waals surface area contributed by atoms with Gasteiger partial charge in [-0.3, -0.25) is 0 Å². The molecule has 1 saturated carbocycles. The van der Waals surface area contributed by atoms with Crippen molar-refractivity contribution in [3.8, 4) is 0 Å². The summed E-state index contributed by atoms with van der Waals surface area (Å²) in [5, 5.41) is -0.920. The molecule has 2 nitrogen and oxygen atoms in total. The van der Waals surface area contributed by atoms with E-state index in [0.29, 0.717) is 25.7 Å². The van der Waals surface area contributed by atoms with Crippen LogP contribution in [0.15, 0.2) is 9.47 Å². The Morgan fingerprint density at radius 3 is 2.26 bits per heavy atom. The number of carbonyl (C=O) groups excluding carboxylic acids is 1. The molecule has 0 aliphatic heterocycles. The maximum atomic E-state index is 14.1. The molecular weight excluding hydrogens is 346 g/mol. The first-order chi connectivity index (χ1) is 8.94. The Labute approximate surface area is 120 Å². The fraction of sp³-hybridized carbons (Fsp3) is 0.417. The van der Waals surface area contributed by atoms with Crippen molar-refractivity contribution in [1.82, 2.24) is 0 Å². The van der Waals surface area contributed by atoms with Gasteiger partial charge in [-0.1, -0.05) is 24.4 Å². The second-order valence-electron chi connectivity index (χ2n) is 4.39. The average molecular weight is 355 g/mol. The van der Waals surface area contributed by atoms with E-state index in [0.717, 1.165) is 0 Å². The molecule has 19 heavy (non-hydrogen) atoms. The molecule has 7 heteroatoms. The predicted molar refractivity (Wildman–Crippen MR) is 67.3 cm³/mol. The topological polar surface area (TPSA) is 29.4 Å². The number of isocyanates is 1. The third kappa shape index (κ3) is 2.22. The van der Waals surface area contributed by atoms with Crippen LogP contribution in [0, 0.1) is 17.5 Å². The maximum Gasteiger partial charge on any atom is 0.235 e.